The van der Waals surface area contributed by atoms with Crippen molar-refractivity contribution in [3.05, 3.63) is 58.9 Å². The first kappa shape index (κ1) is 17.8. The fourth-order valence-electron chi connectivity index (χ4n) is 1.85. The molecule has 0 unspecified atom stereocenters. The van der Waals surface area contributed by atoms with Gasteiger partial charge in [-0.05, 0) is 36.8 Å². The largest absolute Gasteiger partial charge is 0.454 e. The van der Waals surface area contributed by atoms with E-state index in [4.69, 9.17) is 4.74 Å². The van der Waals surface area contributed by atoms with Crippen molar-refractivity contribution in [2.24, 2.45) is 0 Å². The van der Waals surface area contributed by atoms with E-state index in [1.165, 1.54) is 17.7 Å². The lowest BCUT2D eigenvalue weighted by Crippen LogP contribution is -2.30. The number of sulfonamides is 1. The maximum Gasteiger partial charge on any atom is 0.267 e. The molecule has 0 heterocycles. The zero-order valence-corrected chi connectivity index (χ0v) is 13.4. The number of nitrogens with one attached hydrogen (secondary N) is 1. The Bertz CT molecular complexity index is 913. The van der Waals surface area contributed by atoms with E-state index in [9.17, 15) is 26.4 Å². The van der Waals surface area contributed by atoms with Crippen molar-refractivity contribution in [3.63, 3.8) is 0 Å². The molecule has 0 bridgehead atoms. The molecule has 128 valence electrons. The van der Waals surface area contributed by atoms with Gasteiger partial charge in [0.1, 0.15) is 17.4 Å². The van der Waals surface area contributed by atoms with E-state index in [1.54, 1.807) is 0 Å². The van der Waals surface area contributed by atoms with Crippen LogP contribution in [0, 0.1) is 24.4 Å². The molecule has 1 N–H and O–H groups in total. The van der Waals surface area contributed by atoms with E-state index in [0.717, 1.165) is 12.1 Å². The van der Waals surface area contributed by atoms with Crippen LogP contribution in [0.15, 0.2) is 30.3 Å². The highest BCUT2D eigenvalue weighted by molar-refractivity contribution is 7.89. The normalized spacial score (nSPS) is 11.2. The summed E-state index contributed by atoms with van der Waals surface area (Å²) in [7, 11) is -3.92. The number of carbonyl (C=O) groups is 1. The fraction of sp³-hybridized carbons (Fsp3) is 0.133. The summed E-state index contributed by atoms with van der Waals surface area (Å²) in [6, 6.07) is 4.60. The third-order valence-electron chi connectivity index (χ3n) is 2.90. The van der Waals surface area contributed by atoms with Crippen molar-refractivity contribution < 1.29 is 31.1 Å². The molecule has 24 heavy (non-hydrogen) atoms. The molecule has 0 aliphatic rings. The highest BCUT2D eigenvalue weighted by Crippen LogP contribution is 2.29. The fourth-order valence-corrected chi connectivity index (χ4v) is 2.30. The number of amides is 1. The highest BCUT2D eigenvalue weighted by Gasteiger charge is 2.20. The molecule has 0 spiro atoms. The van der Waals surface area contributed by atoms with Crippen molar-refractivity contribution in [1.82, 2.24) is 4.72 Å². The van der Waals surface area contributed by atoms with Crippen molar-refractivity contribution in [2.45, 2.75) is 6.92 Å². The minimum atomic E-state index is -3.92. The molecule has 0 fully saturated rings. The molecule has 0 aliphatic heterocycles. The Hall–Kier alpha value is -2.55. The van der Waals surface area contributed by atoms with Gasteiger partial charge in [0.25, 0.3) is 5.91 Å². The number of benzene rings is 2. The monoisotopic (exact) mass is 359 g/mol. The maximum atomic E-state index is 14.0. The molecular weight excluding hydrogens is 347 g/mol. The number of ether oxygens (including phenoxy) is 1. The van der Waals surface area contributed by atoms with Gasteiger partial charge < -0.3 is 4.74 Å². The molecule has 0 aromatic heterocycles. The predicted molar refractivity (Wildman–Crippen MR) is 79.9 cm³/mol. The van der Waals surface area contributed by atoms with Gasteiger partial charge in [-0.25, -0.2) is 26.3 Å². The standard InChI is InChI=1S/C15H12F3NO4S/c1-8-5-9(16)3-4-13(8)23-14-7-11(17)10(6-12(14)18)15(20)19-24(2,21)22/h3-7H,1-2H3,(H,19,20). The van der Waals surface area contributed by atoms with Gasteiger partial charge in [-0.1, -0.05) is 0 Å². The van der Waals surface area contributed by atoms with Crippen LogP contribution in [0.5, 0.6) is 11.5 Å². The number of carbonyl (C=O) groups excluding carboxylic acids is 1. The number of halogens is 3. The number of hydrogen-bond acceptors (Lipinski definition) is 4. The summed E-state index contributed by atoms with van der Waals surface area (Å²) in [5, 5.41) is 0. The topological polar surface area (TPSA) is 72.5 Å². The number of rotatable bonds is 4. The van der Waals surface area contributed by atoms with Gasteiger partial charge in [-0.2, -0.15) is 0 Å². The smallest absolute Gasteiger partial charge is 0.267 e. The lowest BCUT2D eigenvalue weighted by atomic mass is 10.2. The van der Waals surface area contributed by atoms with Crippen LogP contribution in [0.2, 0.25) is 0 Å². The van der Waals surface area contributed by atoms with Crippen LogP contribution in [0.3, 0.4) is 0 Å². The molecule has 0 saturated heterocycles. The Morgan fingerprint density at radius 1 is 1.04 bits per heavy atom. The minimum Gasteiger partial charge on any atom is -0.454 e. The molecule has 2 aromatic rings. The van der Waals surface area contributed by atoms with E-state index < -0.39 is 44.7 Å². The van der Waals surface area contributed by atoms with E-state index in [1.807, 2.05) is 0 Å². The minimum absolute atomic E-state index is 0.100. The molecule has 0 radical (unpaired) electrons. The molecule has 9 heteroatoms. The number of aryl methyl sites for hydroxylation is 1. The van der Waals surface area contributed by atoms with Crippen LogP contribution in [-0.4, -0.2) is 20.6 Å². The van der Waals surface area contributed by atoms with Crippen LogP contribution in [0.4, 0.5) is 13.2 Å². The Labute approximate surface area is 136 Å². The average Bonchev–Trinajstić information content (AvgIpc) is 2.43. The lowest BCUT2D eigenvalue weighted by molar-refractivity contribution is 0.0977. The van der Waals surface area contributed by atoms with Gasteiger partial charge in [0, 0.05) is 6.07 Å². The van der Waals surface area contributed by atoms with Gasteiger partial charge in [0.15, 0.2) is 11.6 Å². The Kier molecular flexibility index (Phi) is 4.83. The van der Waals surface area contributed by atoms with Gasteiger partial charge in [0.05, 0.1) is 11.8 Å². The zero-order chi connectivity index (χ0) is 18.1. The molecule has 2 aromatic carbocycles. The Balaban J connectivity index is 2.34. The first-order valence-corrected chi connectivity index (χ1v) is 8.41. The summed E-state index contributed by atoms with van der Waals surface area (Å²) in [4.78, 5) is 11.6. The van der Waals surface area contributed by atoms with E-state index >= 15 is 0 Å². The molecule has 0 saturated carbocycles. The molecule has 2 rings (SSSR count). The summed E-state index contributed by atoms with van der Waals surface area (Å²) >= 11 is 0. The first-order valence-electron chi connectivity index (χ1n) is 6.52. The van der Waals surface area contributed by atoms with Crippen molar-refractivity contribution in [3.8, 4) is 11.5 Å². The molecule has 5 nitrogen and oxygen atoms in total. The van der Waals surface area contributed by atoms with Gasteiger partial charge in [-0.15, -0.1) is 0 Å². The van der Waals surface area contributed by atoms with Gasteiger partial charge in [-0.3, -0.25) is 4.79 Å². The Morgan fingerprint density at radius 3 is 2.29 bits per heavy atom. The third kappa shape index (κ3) is 4.25. The zero-order valence-electron chi connectivity index (χ0n) is 12.6. The Morgan fingerprint density at radius 2 is 1.71 bits per heavy atom. The molecule has 0 aliphatic carbocycles. The van der Waals surface area contributed by atoms with Crippen molar-refractivity contribution >= 4 is 15.9 Å². The average molecular weight is 359 g/mol. The predicted octanol–water partition coefficient (Wildman–Crippen LogP) is 2.89. The van der Waals surface area contributed by atoms with Gasteiger partial charge >= 0.3 is 0 Å². The van der Waals surface area contributed by atoms with E-state index in [2.05, 4.69) is 0 Å². The maximum absolute atomic E-state index is 14.0. The second-order valence-corrected chi connectivity index (χ2v) is 6.73. The van der Waals surface area contributed by atoms with Crippen LogP contribution < -0.4 is 9.46 Å². The third-order valence-corrected chi connectivity index (χ3v) is 3.46. The highest BCUT2D eigenvalue weighted by atomic mass is 32.2. The second-order valence-electron chi connectivity index (χ2n) is 4.98. The van der Waals surface area contributed by atoms with Crippen molar-refractivity contribution in [2.75, 3.05) is 6.26 Å². The summed E-state index contributed by atoms with van der Waals surface area (Å²) in [6.45, 7) is 1.51. The van der Waals surface area contributed by atoms with E-state index in [0.29, 0.717) is 24.0 Å². The van der Waals surface area contributed by atoms with Gasteiger partial charge in [0.2, 0.25) is 10.0 Å². The molecule has 0 atom stereocenters. The van der Waals surface area contributed by atoms with Crippen LogP contribution in [0.1, 0.15) is 15.9 Å². The van der Waals surface area contributed by atoms with Crippen LogP contribution in [0.25, 0.3) is 0 Å². The van der Waals surface area contributed by atoms with Crippen LogP contribution in [-0.2, 0) is 10.0 Å². The second kappa shape index (κ2) is 6.52. The lowest BCUT2D eigenvalue weighted by Gasteiger charge is -2.11. The molecule has 1 amide bonds. The summed E-state index contributed by atoms with van der Waals surface area (Å²) < 4.78 is 69.7. The summed E-state index contributed by atoms with van der Waals surface area (Å²) in [5.74, 6) is -4.51. The first-order chi connectivity index (χ1) is 11.1. The quantitative estimate of drug-likeness (QED) is 0.911. The van der Waals surface area contributed by atoms with Crippen LogP contribution >= 0.6 is 0 Å². The number of hydrogen-bond donors (Lipinski definition) is 1. The van der Waals surface area contributed by atoms with Crippen molar-refractivity contribution in [1.29, 1.82) is 0 Å². The summed E-state index contributed by atoms with van der Waals surface area (Å²) in [6.07, 6.45) is 0.702. The van der Waals surface area contributed by atoms with E-state index in [-0.39, 0.29) is 5.75 Å². The molecular formula is C15H12F3NO4S. The SMILES string of the molecule is Cc1cc(F)ccc1Oc1cc(F)c(C(=O)NS(C)(=O)=O)cc1F. The summed E-state index contributed by atoms with van der Waals surface area (Å²) in [5.41, 5.74) is -0.435.